The van der Waals surface area contributed by atoms with E-state index in [-0.39, 0.29) is 18.3 Å². The van der Waals surface area contributed by atoms with Crippen LogP contribution in [-0.4, -0.2) is 40.7 Å². The zero-order chi connectivity index (χ0) is 24.8. The van der Waals surface area contributed by atoms with Gasteiger partial charge in [0.2, 0.25) is 0 Å². The summed E-state index contributed by atoms with van der Waals surface area (Å²) in [4.78, 5) is 33.7. The van der Waals surface area contributed by atoms with Crippen LogP contribution in [0.4, 0.5) is 0 Å². The van der Waals surface area contributed by atoms with Gasteiger partial charge < -0.3 is 19.3 Å². The molecule has 8 heteroatoms. The maximum absolute atomic E-state index is 12.8. The van der Waals surface area contributed by atoms with Crippen LogP contribution in [0.25, 0.3) is 32.8 Å². The molecule has 1 atom stereocenters. The predicted octanol–water partition coefficient (Wildman–Crippen LogP) is 4.85. The summed E-state index contributed by atoms with van der Waals surface area (Å²) in [5.74, 6) is -0.669. The van der Waals surface area contributed by atoms with E-state index >= 15 is 0 Å². The first-order valence-electron chi connectivity index (χ1n) is 11.4. The van der Waals surface area contributed by atoms with Crippen molar-refractivity contribution in [2.24, 2.45) is 0 Å². The largest absolute Gasteiger partial charge is 0.493 e. The zero-order valence-corrected chi connectivity index (χ0v) is 19.2. The number of carboxylic acid groups (broad SMARTS) is 1. The van der Waals surface area contributed by atoms with Crippen LogP contribution >= 0.6 is 0 Å². The Bertz CT molecular complexity index is 1700. The minimum atomic E-state index is -1.09. The average molecular weight is 480 g/mol. The van der Waals surface area contributed by atoms with E-state index in [0.717, 1.165) is 38.4 Å². The van der Waals surface area contributed by atoms with Crippen LogP contribution in [0.3, 0.4) is 0 Å². The molecule has 4 aromatic carbocycles. The number of carbonyl (C=O) groups excluding carboxylic acids is 1. The Kier molecular flexibility index (Phi) is 5.14. The smallest absolute Gasteiger partial charge is 0.341 e. The highest BCUT2D eigenvalue weighted by molar-refractivity contribution is 6.12. The van der Waals surface area contributed by atoms with E-state index in [2.05, 4.69) is 0 Å². The second kappa shape index (κ2) is 8.49. The first kappa shape index (κ1) is 21.8. The Morgan fingerprint density at radius 2 is 1.67 bits per heavy atom. The highest BCUT2D eigenvalue weighted by Crippen LogP contribution is 2.48. The molecule has 36 heavy (non-hydrogen) atoms. The van der Waals surface area contributed by atoms with Crippen molar-refractivity contribution in [1.82, 2.24) is 9.97 Å². The van der Waals surface area contributed by atoms with Gasteiger partial charge in [-0.2, -0.15) is 0 Å². The molecule has 0 fully saturated rings. The Hall–Kier alpha value is -4.72. The van der Waals surface area contributed by atoms with Gasteiger partial charge in [0.25, 0.3) is 0 Å². The molecule has 0 spiro atoms. The van der Waals surface area contributed by atoms with Crippen molar-refractivity contribution in [3.63, 3.8) is 0 Å². The van der Waals surface area contributed by atoms with Gasteiger partial charge in [0.15, 0.2) is 18.1 Å². The molecule has 178 valence electrons. The minimum Gasteiger partial charge on any atom is -0.493 e. The number of carboxylic acids is 1. The molecule has 0 saturated carbocycles. The molecular formula is C28H20N2O6. The van der Waals surface area contributed by atoms with Crippen LogP contribution < -0.4 is 14.2 Å². The van der Waals surface area contributed by atoms with Gasteiger partial charge in [0.1, 0.15) is 5.75 Å². The third-order valence-corrected chi connectivity index (χ3v) is 6.37. The summed E-state index contributed by atoms with van der Waals surface area (Å²) < 4.78 is 16.7. The molecule has 0 saturated heterocycles. The van der Waals surface area contributed by atoms with Gasteiger partial charge in [-0.25, -0.2) is 14.8 Å². The van der Waals surface area contributed by atoms with Gasteiger partial charge in [-0.15, -0.1) is 0 Å². The zero-order valence-electron chi connectivity index (χ0n) is 19.2. The third-order valence-electron chi connectivity index (χ3n) is 6.37. The van der Waals surface area contributed by atoms with Gasteiger partial charge in [-0.05, 0) is 29.8 Å². The number of nitrogens with zero attached hydrogens (tertiary/aromatic N) is 2. The predicted molar refractivity (Wildman–Crippen MR) is 133 cm³/mol. The molecule has 1 aromatic heterocycles. The molecule has 0 aliphatic carbocycles. The summed E-state index contributed by atoms with van der Waals surface area (Å²) in [6.45, 7) is -0.492. The second-order valence-corrected chi connectivity index (χ2v) is 8.52. The van der Waals surface area contributed by atoms with Crippen LogP contribution in [0.5, 0.6) is 17.2 Å². The SMILES string of the molecule is COc1cc(C2CC(=O)Oc3c2c2nc4ccccc4nc2c2ccccc32)ccc1OCC(=O)O. The second-order valence-electron chi connectivity index (χ2n) is 8.52. The fourth-order valence-corrected chi connectivity index (χ4v) is 4.82. The fraction of sp³-hybridized carbons (Fsp3) is 0.143. The molecule has 1 aliphatic heterocycles. The Labute approximate surface area is 205 Å². The number of para-hydroxylation sites is 2. The molecule has 1 unspecified atom stereocenters. The third kappa shape index (κ3) is 3.54. The highest BCUT2D eigenvalue weighted by Gasteiger charge is 2.34. The van der Waals surface area contributed by atoms with Crippen molar-refractivity contribution in [2.75, 3.05) is 13.7 Å². The molecule has 5 aromatic rings. The number of hydrogen-bond donors (Lipinski definition) is 1. The van der Waals surface area contributed by atoms with Crippen LogP contribution in [0.15, 0.2) is 66.7 Å². The van der Waals surface area contributed by atoms with Crippen LogP contribution in [0.1, 0.15) is 23.5 Å². The summed E-state index contributed by atoms with van der Waals surface area (Å²) in [5, 5.41) is 10.6. The van der Waals surface area contributed by atoms with Crippen molar-refractivity contribution in [3.8, 4) is 17.2 Å². The van der Waals surface area contributed by atoms with Gasteiger partial charge in [0, 0.05) is 22.3 Å². The van der Waals surface area contributed by atoms with E-state index < -0.39 is 12.6 Å². The summed E-state index contributed by atoms with van der Waals surface area (Å²) in [7, 11) is 1.48. The summed E-state index contributed by atoms with van der Waals surface area (Å²) >= 11 is 0. The maximum Gasteiger partial charge on any atom is 0.341 e. The molecule has 0 amide bonds. The number of hydrogen-bond acceptors (Lipinski definition) is 7. The summed E-state index contributed by atoms with van der Waals surface area (Å²) in [6.07, 6.45) is 0.105. The van der Waals surface area contributed by atoms with Gasteiger partial charge in [-0.1, -0.05) is 42.5 Å². The molecule has 1 aliphatic rings. The lowest BCUT2D eigenvalue weighted by atomic mass is 9.83. The minimum absolute atomic E-state index is 0.105. The Morgan fingerprint density at radius 1 is 0.972 bits per heavy atom. The quantitative estimate of drug-likeness (QED) is 0.165. The first-order valence-corrected chi connectivity index (χ1v) is 11.4. The number of methoxy groups -OCH3 is 1. The van der Waals surface area contributed by atoms with Crippen molar-refractivity contribution in [3.05, 3.63) is 77.9 Å². The lowest BCUT2D eigenvalue weighted by Gasteiger charge is -2.28. The van der Waals surface area contributed by atoms with Gasteiger partial charge >= 0.3 is 11.9 Å². The molecule has 1 N–H and O–H groups in total. The van der Waals surface area contributed by atoms with Crippen LogP contribution in [-0.2, 0) is 9.59 Å². The molecule has 6 rings (SSSR count). The molecular weight excluding hydrogens is 460 g/mol. The molecule has 2 heterocycles. The standard InChI is InChI=1S/C28H20N2O6/c1-34-22-12-15(10-11-21(22)35-14-23(31)32)18-13-24(33)36-28-17-7-3-2-6-16(17)26-27(25(18)28)30-20-9-5-4-8-19(20)29-26/h2-12,18H,13-14H2,1H3,(H,31,32). The molecule has 0 bridgehead atoms. The maximum atomic E-state index is 12.8. The van der Waals surface area contributed by atoms with Crippen molar-refractivity contribution < 1.29 is 28.9 Å². The number of aliphatic carboxylic acids is 1. The lowest BCUT2D eigenvalue weighted by molar-refractivity contribution is -0.139. The monoisotopic (exact) mass is 480 g/mol. The van der Waals surface area contributed by atoms with Crippen molar-refractivity contribution in [1.29, 1.82) is 0 Å². The van der Waals surface area contributed by atoms with Crippen LogP contribution in [0, 0.1) is 0 Å². The first-order chi connectivity index (χ1) is 17.5. The van der Waals surface area contributed by atoms with Gasteiger partial charge in [-0.3, -0.25) is 4.79 Å². The summed E-state index contributed by atoms with van der Waals surface area (Å²) in [5.41, 5.74) is 4.50. The number of esters is 1. The van der Waals surface area contributed by atoms with Crippen molar-refractivity contribution >= 4 is 44.8 Å². The molecule has 0 radical (unpaired) electrons. The normalized spacial score (nSPS) is 15.0. The van der Waals surface area contributed by atoms with E-state index in [4.69, 9.17) is 29.3 Å². The number of rotatable bonds is 5. The van der Waals surface area contributed by atoms with Gasteiger partial charge in [0.05, 0.1) is 35.6 Å². The van der Waals surface area contributed by atoms with E-state index in [9.17, 15) is 9.59 Å². The highest BCUT2D eigenvalue weighted by atomic mass is 16.5. The van der Waals surface area contributed by atoms with Crippen LogP contribution in [0.2, 0.25) is 0 Å². The number of aromatic nitrogens is 2. The average Bonchev–Trinajstić information content (AvgIpc) is 2.90. The van der Waals surface area contributed by atoms with Crippen molar-refractivity contribution in [2.45, 2.75) is 12.3 Å². The fourth-order valence-electron chi connectivity index (χ4n) is 4.82. The summed E-state index contributed by atoms with van der Waals surface area (Å²) in [6, 6.07) is 20.6. The van der Waals surface area contributed by atoms with E-state index in [1.54, 1.807) is 12.1 Å². The Balaban J connectivity index is 1.62. The van der Waals surface area contributed by atoms with E-state index in [0.29, 0.717) is 22.8 Å². The topological polar surface area (TPSA) is 108 Å². The Morgan fingerprint density at radius 3 is 2.39 bits per heavy atom. The lowest BCUT2D eigenvalue weighted by Crippen LogP contribution is -2.22. The number of carbonyl (C=O) groups is 2. The van der Waals surface area contributed by atoms with E-state index in [1.807, 2.05) is 54.6 Å². The number of ether oxygens (including phenoxy) is 3. The number of benzene rings is 4. The number of fused-ring (bicyclic) bond motifs is 7. The van der Waals surface area contributed by atoms with E-state index in [1.165, 1.54) is 7.11 Å². The molecule has 8 nitrogen and oxygen atoms in total.